The van der Waals surface area contributed by atoms with Gasteiger partial charge in [-0.15, -0.1) is 0 Å². The summed E-state index contributed by atoms with van der Waals surface area (Å²) < 4.78 is 30.3. The van der Waals surface area contributed by atoms with E-state index in [4.69, 9.17) is 16.7 Å². The fourth-order valence-electron chi connectivity index (χ4n) is 3.28. The molecule has 0 unspecified atom stereocenters. The molecule has 0 saturated heterocycles. The van der Waals surface area contributed by atoms with Gasteiger partial charge >= 0.3 is 12.6 Å². The number of phenolic OH excluding ortho intramolecular Hbond substituents is 1. The maximum Gasteiger partial charge on any atom is 0.387 e. The molecule has 2 aromatic carbocycles. The van der Waals surface area contributed by atoms with Crippen LogP contribution < -0.4 is 10.1 Å². The van der Waals surface area contributed by atoms with Crippen molar-refractivity contribution < 1.29 is 38.1 Å². The van der Waals surface area contributed by atoms with Crippen molar-refractivity contribution in [2.45, 2.75) is 20.0 Å². The van der Waals surface area contributed by atoms with E-state index in [0.717, 1.165) is 0 Å². The number of nitrogens with one attached hydrogen (secondary N) is 1. The first-order valence-corrected chi connectivity index (χ1v) is 9.56. The third kappa shape index (κ3) is 4.80. The molecule has 0 bridgehead atoms. The number of halogens is 3. The Hall–Kier alpha value is -3.66. The summed E-state index contributed by atoms with van der Waals surface area (Å²) in [6.45, 7) is -1.99. The molecule has 0 aliphatic carbocycles. The van der Waals surface area contributed by atoms with E-state index in [1.807, 2.05) is 0 Å². The second-order valence-corrected chi connectivity index (χ2v) is 7.18. The van der Waals surface area contributed by atoms with E-state index in [2.05, 4.69) is 10.1 Å². The van der Waals surface area contributed by atoms with Crippen LogP contribution in [0.15, 0.2) is 36.4 Å². The number of hydrogen-bond donors (Lipinski definition) is 3. The number of carboxylic acids is 1. The molecule has 1 amide bonds. The van der Waals surface area contributed by atoms with Crippen LogP contribution in [0.2, 0.25) is 5.02 Å². The van der Waals surface area contributed by atoms with Gasteiger partial charge in [-0.2, -0.15) is 8.78 Å². The molecule has 8 nitrogen and oxygen atoms in total. The topological polar surface area (TPSA) is 118 Å². The fraction of sp³-hybridized carbons (Fsp3) is 0.190. The zero-order chi connectivity index (χ0) is 23.6. The second-order valence-electron chi connectivity index (χ2n) is 6.78. The van der Waals surface area contributed by atoms with E-state index in [-0.39, 0.29) is 28.5 Å². The number of rotatable bonds is 7. The summed E-state index contributed by atoms with van der Waals surface area (Å²) in [5.74, 6) is -2.71. The van der Waals surface area contributed by atoms with E-state index >= 15 is 0 Å². The third-order valence-electron chi connectivity index (χ3n) is 4.71. The van der Waals surface area contributed by atoms with Gasteiger partial charge in [0.25, 0.3) is 5.91 Å². The molecule has 0 radical (unpaired) electrons. The monoisotopic (exact) mass is 466 g/mol. The predicted octanol–water partition coefficient (Wildman–Crippen LogP) is 3.34. The number of benzene rings is 2. The first-order valence-electron chi connectivity index (χ1n) is 9.19. The molecule has 1 heterocycles. The molecule has 3 rings (SSSR count). The van der Waals surface area contributed by atoms with Gasteiger partial charge < -0.3 is 20.3 Å². The highest BCUT2D eigenvalue weighted by atomic mass is 35.5. The van der Waals surface area contributed by atoms with E-state index < -0.39 is 30.9 Å². The van der Waals surface area contributed by atoms with Gasteiger partial charge in [0.2, 0.25) is 5.91 Å². The highest BCUT2D eigenvalue weighted by molar-refractivity contribution is 6.33. The molecular weight excluding hydrogens is 450 g/mol. The minimum Gasteiger partial charge on any atom is -0.506 e. The van der Waals surface area contributed by atoms with Crippen LogP contribution in [0.4, 0.5) is 8.78 Å². The minimum absolute atomic E-state index is 0.0217. The Balaban J connectivity index is 2.05. The zero-order valence-corrected chi connectivity index (χ0v) is 17.3. The first-order chi connectivity index (χ1) is 15.1. The van der Waals surface area contributed by atoms with Crippen LogP contribution in [0.1, 0.15) is 21.6 Å². The number of ether oxygens (including phenoxy) is 1. The summed E-state index contributed by atoms with van der Waals surface area (Å²) in [7, 11) is 0. The summed E-state index contributed by atoms with van der Waals surface area (Å²) in [5.41, 5.74) is 1.22. The summed E-state index contributed by atoms with van der Waals surface area (Å²) in [5, 5.41) is 21.4. The van der Waals surface area contributed by atoms with E-state index in [1.54, 1.807) is 6.92 Å². The van der Waals surface area contributed by atoms with E-state index in [1.165, 1.54) is 41.0 Å². The number of aromatic nitrogens is 1. The van der Waals surface area contributed by atoms with Crippen molar-refractivity contribution in [1.82, 2.24) is 9.88 Å². The third-order valence-corrected chi connectivity index (χ3v) is 5.01. The van der Waals surface area contributed by atoms with Gasteiger partial charge in [-0.05, 0) is 48.9 Å². The number of carboxylic acid groups (broad SMARTS) is 1. The summed E-state index contributed by atoms with van der Waals surface area (Å²) in [6, 6.07) is 7.75. The molecule has 0 aliphatic heterocycles. The fourth-order valence-corrected chi connectivity index (χ4v) is 3.44. The van der Waals surface area contributed by atoms with E-state index in [9.17, 15) is 28.3 Å². The number of phenols is 1. The number of aromatic hydroxyl groups is 1. The molecule has 1 aromatic heterocycles. The van der Waals surface area contributed by atoms with Crippen molar-refractivity contribution >= 4 is 40.3 Å². The van der Waals surface area contributed by atoms with Crippen molar-refractivity contribution in [3.63, 3.8) is 0 Å². The number of hydrogen-bond acceptors (Lipinski definition) is 5. The number of aliphatic carboxylic acids is 1. The summed E-state index contributed by atoms with van der Waals surface area (Å²) in [6.07, 6.45) is -0.252. The number of alkyl halides is 2. The largest absolute Gasteiger partial charge is 0.506 e. The molecule has 3 aromatic rings. The lowest BCUT2D eigenvalue weighted by Crippen LogP contribution is -2.30. The Bertz CT molecular complexity index is 1210. The van der Waals surface area contributed by atoms with Crippen LogP contribution in [0.25, 0.3) is 10.9 Å². The van der Waals surface area contributed by atoms with Gasteiger partial charge in [-0.1, -0.05) is 11.6 Å². The number of carbonyl (C=O) groups excluding carboxylic acids is 2. The van der Waals surface area contributed by atoms with Crippen molar-refractivity contribution in [3.8, 4) is 11.5 Å². The lowest BCUT2D eigenvalue weighted by Gasteiger charge is -2.09. The maximum absolute atomic E-state index is 13.2. The second kappa shape index (κ2) is 9.23. The van der Waals surface area contributed by atoms with Gasteiger partial charge in [0, 0.05) is 16.6 Å². The molecule has 0 fully saturated rings. The van der Waals surface area contributed by atoms with Crippen LogP contribution in [0.5, 0.6) is 11.5 Å². The van der Waals surface area contributed by atoms with Crippen molar-refractivity contribution in [3.05, 3.63) is 58.2 Å². The van der Waals surface area contributed by atoms with Gasteiger partial charge in [0.15, 0.2) is 0 Å². The average molecular weight is 467 g/mol. The van der Waals surface area contributed by atoms with E-state index in [0.29, 0.717) is 22.2 Å². The Labute approximate surface area is 185 Å². The quantitative estimate of drug-likeness (QED) is 0.491. The number of fused-ring (bicyclic) bond motifs is 1. The van der Waals surface area contributed by atoms with Gasteiger partial charge in [0.1, 0.15) is 18.0 Å². The molecule has 11 heteroatoms. The molecule has 0 saturated carbocycles. The van der Waals surface area contributed by atoms with Gasteiger partial charge in [-0.3, -0.25) is 19.0 Å². The predicted molar refractivity (Wildman–Crippen MR) is 111 cm³/mol. The average Bonchev–Trinajstić information content (AvgIpc) is 2.97. The van der Waals surface area contributed by atoms with Crippen molar-refractivity contribution in [1.29, 1.82) is 0 Å². The number of nitrogens with zero attached hydrogens (tertiary/aromatic N) is 1. The standard InChI is InChI=1S/C21H17ClF2N2O6/c1-10-13(7-18(28)25-9-19(29)30)14-6-17(27)15(22)8-16(14)26(10)20(31)11-2-4-12(5-3-11)32-21(23)24/h2-6,8,21,27H,7,9H2,1H3,(H,25,28)(H,29,30). The lowest BCUT2D eigenvalue weighted by molar-refractivity contribution is -0.137. The van der Waals surface area contributed by atoms with Gasteiger partial charge in [-0.25, -0.2) is 0 Å². The zero-order valence-electron chi connectivity index (χ0n) is 16.6. The molecule has 0 spiro atoms. The number of amides is 1. The van der Waals surface area contributed by atoms with Gasteiger partial charge in [0.05, 0.1) is 17.0 Å². The minimum atomic E-state index is -3.00. The normalized spacial score (nSPS) is 11.0. The van der Waals surface area contributed by atoms with Crippen LogP contribution >= 0.6 is 11.6 Å². The van der Waals surface area contributed by atoms with Crippen LogP contribution in [0.3, 0.4) is 0 Å². The summed E-state index contributed by atoms with van der Waals surface area (Å²) >= 11 is 6.02. The first kappa shape index (κ1) is 23.0. The van der Waals surface area contributed by atoms with Crippen LogP contribution in [-0.2, 0) is 16.0 Å². The molecule has 0 aliphatic rings. The smallest absolute Gasteiger partial charge is 0.387 e. The highest BCUT2D eigenvalue weighted by Gasteiger charge is 2.23. The Morgan fingerprint density at radius 2 is 1.84 bits per heavy atom. The Morgan fingerprint density at radius 1 is 1.19 bits per heavy atom. The van der Waals surface area contributed by atoms with Crippen LogP contribution in [-0.4, -0.2) is 45.7 Å². The van der Waals surface area contributed by atoms with Crippen molar-refractivity contribution in [2.75, 3.05) is 6.54 Å². The lowest BCUT2D eigenvalue weighted by atomic mass is 10.1. The molecule has 0 atom stereocenters. The summed E-state index contributed by atoms with van der Waals surface area (Å²) in [4.78, 5) is 36.1. The van der Waals surface area contributed by atoms with Crippen LogP contribution in [0, 0.1) is 6.92 Å². The maximum atomic E-state index is 13.2. The number of carbonyl (C=O) groups is 3. The molecule has 168 valence electrons. The Kier molecular flexibility index (Phi) is 6.64. The Morgan fingerprint density at radius 3 is 2.44 bits per heavy atom. The highest BCUT2D eigenvalue weighted by Crippen LogP contribution is 2.35. The SMILES string of the molecule is Cc1c(CC(=O)NCC(=O)O)c2cc(O)c(Cl)cc2n1C(=O)c1ccc(OC(F)F)cc1. The molecule has 3 N–H and O–H groups in total. The molecule has 32 heavy (non-hydrogen) atoms. The van der Waals surface area contributed by atoms with Crippen molar-refractivity contribution in [2.24, 2.45) is 0 Å². The molecular formula is C21H17ClF2N2O6.